The van der Waals surface area contributed by atoms with Crippen LogP contribution in [0, 0.1) is 0 Å². The maximum absolute atomic E-state index is 6.47. The number of rotatable bonds is 6. The second-order valence-corrected chi connectivity index (χ2v) is 15.3. The zero-order valence-corrected chi connectivity index (χ0v) is 21.2. The Hall–Kier alpha value is -1.63. The predicted octanol–water partition coefficient (Wildman–Crippen LogP) is 2.99. The second kappa shape index (κ2) is 7.99. The van der Waals surface area contributed by atoms with E-state index in [-0.39, 0.29) is 30.0 Å². The van der Waals surface area contributed by atoms with E-state index in [9.17, 15) is 0 Å². The molecule has 0 radical (unpaired) electrons. The number of aromatic nitrogens is 4. The van der Waals surface area contributed by atoms with Crippen LogP contribution in [0.2, 0.25) is 18.1 Å². The van der Waals surface area contributed by atoms with E-state index < -0.39 is 20.3 Å². The summed E-state index contributed by atoms with van der Waals surface area (Å²) < 4.78 is 32.5. The molecule has 10 nitrogen and oxygen atoms in total. The Morgan fingerprint density at radius 3 is 2.53 bits per heavy atom. The average Bonchev–Trinajstić information content (AvgIpc) is 3.29. The molecule has 2 aromatic heterocycles. The minimum atomic E-state index is -1.96. The molecule has 0 aromatic carbocycles. The summed E-state index contributed by atoms with van der Waals surface area (Å²) in [4.78, 5) is 8.56. The van der Waals surface area contributed by atoms with Gasteiger partial charge in [-0.3, -0.25) is 0 Å². The third-order valence-corrected chi connectivity index (χ3v) is 11.2. The van der Waals surface area contributed by atoms with Crippen LogP contribution in [-0.2, 0) is 30.0 Å². The summed E-state index contributed by atoms with van der Waals surface area (Å²) in [5.74, 6) is -0.386. The minimum Gasteiger partial charge on any atom is -0.414 e. The normalized spacial score (nSPS) is 27.9. The van der Waals surface area contributed by atoms with Crippen LogP contribution in [0.3, 0.4) is 0 Å². The van der Waals surface area contributed by atoms with Crippen LogP contribution in [0.4, 0.5) is 5.82 Å². The van der Waals surface area contributed by atoms with Gasteiger partial charge in [-0.2, -0.15) is 5.10 Å². The SMILES string of the molecule is COCc1nn([C@@H]2O[C@H](CO[Si](C)(C)C(C)(C)C)[C@H]3OC(C)(C)O[C@H]32)c2ncnc(N)c12. The van der Waals surface area contributed by atoms with Crippen molar-refractivity contribution in [1.82, 2.24) is 19.7 Å². The highest BCUT2D eigenvalue weighted by atomic mass is 28.4. The lowest BCUT2D eigenvalue weighted by Gasteiger charge is -2.37. The minimum absolute atomic E-state index is 0.0956. The summed E-state index contributed by atoms with van der Waals surface area (Å²) in [5.41, 5.74) is 7.37. The highest BCUT2D eigenvalue weighted by Gasteiger charge is 2.57. The van der Waals surface area contributed by atoms with Gasteiger partial charge in [0.25, 0.3) is 0 Å². The fourth-order valence-corrected chi connectivity index (χ4v) is 4.99. The molecular formula is C21H35N5O5Si. The molecule has 0 aliphatic carbocycles. The van der Waals surface area contributed by atoms with Crippen LogP contribution in [0.1, 0.15) is 46.5 Å². The molecule has 2 aliphatic heterocycles. The molecule has 0 bridgehead atoms. The number of nitrogen functional groups attached to an aromatic ring is 1. The molecule has 2 aliphatic rings. The van der Waals surface area contributed by atoms with Crippen molar-refractivity contribution in [2.24, 2.45) is 0 Å². The van der Waals surface area contributed by atoms with Crippen molar-refractivity contribution in [2.75, 3.05) is 19.5 Å². The number of hydrogen-bond acceptors (Lipinski definition) is 9. The number of nitrogens with two attached hydrogens (primary N) is 1. The quantitative estimate of drug-likeness (QED) is 0.643. The van der Waals surface area contributed by atoms with E-state index in [1.54, 1.807) is 11.8 Å². The fraction of sp³-hybridized carbons (Fsp3) is 0.762. The molecule has 0 amide bonds. The van der Waals surface area contributed by atoms with Crippen molar-refractivity contribution in [2.45, 2.75) is 89.7 Å². The maximum Gasteiger partial charge on any atom is 0.192 e. The Kier molecular flexibility index (Phi) is 5.88. The number of ether oxygens (including phenoxy) is 4. The van der Waals surface area contributed by atoms with Gasteiger partial charge in [0.05, 0.1) is 18.6 Å². The van der Waals surface area contributed by atoms with Gasteiger partial charge in [-0.1, -0.05) is 20.8 Å². The lowest BCUT2D eigenvalue weighted by atomic mass is 10.1. The van der Waals surface area contributed by atoms with E-state index in [0.29, 0.717) is 29.2 Å². The number of fused-ring (bicyclic) bond motifs is 2. The summed E-state index contributed by atoms with van der Waals surface area (Å²) in [6, 6.07) is 0. The third-order valence-electron chi connectivity index (χ3n) is 6.65. The Labute approximate surface area is 189 Å². The smallest absolute Gasteiger partial charge is 0.192 e. The largest absolute Gasteiger partial charge is 0.414 e. The Bertz CT molecular complexity index is 989. The summed E-state index contributed by atoms with van der Waals surface area (Å²) in [6.45, 7) is 15.6. The van der Waals surface area contributed by atoms with Gasteiger partial charge in [0, 0.05) is 7.11 Å². The van der Waals surface area contributed by atoms with Gasteiger partial charge >= 0.3 is 0 Å². The summed E-state index contributed by atoms with van der Waals surface area (Å²) in [7, 11) is -0.355. The second-order valence-electron chi connectivity index (χ2n) is 10.5. The summed E-state index contributed by atoms with van der Waals surface area (Å²) in [6.07, 6.45) is -0.0773. The molecule has 2 aromatic rings. The van der Waals surface area contributed by atoms with Gasteiger partial charge in [-0.15, -0.1) is 0 Å². The lowest BCUT2D eigenvalue weighted by molar-refractivity contribution is -0.200. The van der Waals surface area contributed by atoms with Gasteiger partial charge in [0.15, 0.2) is 26.0 Å². The average molecular weight is 466 g/mol. The van der Waals surface area contributed by atoms with Crippen LogP contribution in [-0.4, -0.2) is 65.9 Å². The molecule has 0 spiro atoms. The first-order chi connectivity index (χ1) is 14.8. The molecule has 4 rings (SSSR count). The number of hydrogen-bond donors (Lipinski definition) is 1. The van der Waals surface area contributed by atoms with Crippen LogP contribution in [0.15, 0.2) is 6.33 Å². The van der Waals surface area contributed by atoms with Crippen molar-refractivity contribution in [1.29, 1.82) is 0 Å². The third kappa shape index (κ3) is 4.06. The highest BCUT2D eigenvalue weighted by molar-refractivity contribution is 6.74. The van der Waals surface area contributed by atoms with E-state index in [2.05, 4.69) is 43.8 Å². The van der Waals surface area contributed by atoms with Crippen LogP contribution in [0.5, 0.6) is 0 Å². The summed E-state index contributed by atoms with van der Waals surface area (Å²) in [5, 5.41) is 5.49. The fourth-order valence-electron chi connectivity index (χ4n) is 3.98. The molecule has 2 fully saturated rings. The zero-order valence-electron chi connectivity index (χ0n) is 20.2. The molecule has 32 heavy (non-hydrogen) atoms. The van der Waals surface area contributed by atoms with Crippen LogP contribution < -0.4 is 5.73 Å². The van der Waals surface area contributed by atoms with Crippen LogP contribution in [0.25, 0.3) is 11.0 Å². The number of methoxy groups -OCH3 is 1. The number of anilines is 1. The number of nitrogens with zero attached hydrogens (tertiary/aromatic N) is 4. The van der Waals surface area contributed by atoms with Gasteiger partial charge in [-0.25, -0.2) is 14.6 Å². The molecule has 4 heterocycles. The topological polar surface area (TPSA) is 116 Å². The van der Waals surface area contributed by atoms with Gasteiger partial charge < -0.3 is 29.1 Å². The zero-order chi connectivity index (χ0) is 23.5. The maximum atomic E-state index is 6.47. The first kappa shape index (κ1) is 23.5. The Balaban J connectivity index is 1.68. The molecule has 11 heteroatoms. The van der Waals surface area contributed by atoms with Gasteiger partial charge in [0.1, 0.15) is 36.2 Å². The van der Waals surface area contributed by atoms with Crippen molar-refractivity contribution in [3.05, 3.63) is 12.0 Å². The van der Waals surface area contributed by atoms with E-state index >= 15 is 0 Å². The molecule has 2 saturated heterocycles. The highest BCUT2D eigenvalue weighted by Crippen LogP contribution is 2.45. The Morgan fingerprint density at radius 1 is 1.19 bits per heavy atom. The molecule has 2 N–H and O–H groups in total. The summed E-state index contributed by atoms with van der Waals surface area (Å²) >= 11 is 0. The van der Waals surface area contributed by atoms with Gasteiger partial charge in [-0.05, 0) is 32.0 Å². The standard InChI is InChI=1S/C21H35N5O5Si/c1-20(2,3)32(7,8)28-10-13-15-16(31-21(4,5)30-15)19(29-13)26-18-14(12(25-26)9-27-6)17(22)23-11-24-18/h11,13,15-16,19H,9-10H2,1-8H3,(H2,22,23,24)/t13-,15-,16-,19-/m1/s1. The van der Waals surface area contributed by atoms with E-state index in [4.69, 9.17) is 34.2 Å². The molecule has 0 saturated carbocycles. The predicted molar refractivity (Wildman–Crippen MR) is 121 cm³/mol. The van der Waals surface area contributed by atoms with Crippen molar-refractivity contribution >= 4 is 25.2 Å². The van der Waals surface area contributed by atoms with E-state index in [0.717, 1.165) is 0 Å². The van der Waals surface area contributed by atoms with Crippen LogP contribution >= 0.6 is 0 Å². The Morgan fingerprint density at radius 2 is 1.88 bits per heavy atom. The molecular weight excluding hydrogens is 430 g/mol. The van der Waals surface area contributed by atoms with E-state index in [1.165, 1.54) is 6.33 Å². The lowest BCUT2D eigenvalue weighted by Crippen LogP contribution is -2.44. The van der Waals surface area contributed by atoms with Crippen molar-refractivity contribution in [3.8, 4) is 0 Å². The van der Waals surface area contributed by atoms with Crippen molar-refractivity contribution in [3.63, 3.8) is 0 Å². The van der Waals surface area contributed by atoms with Crippen molar-refractivity contribution < 1.29 is 23.4 Å². The van der Waals surface area contributed by atoms with Gasteiger partial charge in [0.2, 0.25) is 0 Å². The molecule has 178 valence electrons. The first-order valence-corrected chi connectivity index (χ1v) is 13.9. The van der Waals surface area contributed by atoms with E-state index in [1.807, 2.05) is 13.8 Å². The monoisotopic (exact) mass is 465 g/mol. The molecule has 4 atom stereocenters. The molecule has 0 unspecified atom stereocenters. The first-order valence-electron chi connectivity index (χ1n) is 11.0.